The Hall–Kier alpha value is -4.19. The maximum absolute atomic E-state index is 13.2. The fraction of sp³-hybridized carbons (Fsp3) is 0.250. The van der Waals surface area contributed by atoms with Crippen molar-refractivity contribution in [2.45, 2.75) is 26.8 Å². The van der Waals surface area contributed by atoms with E-state index in [2.05, 4.69) is 0 Å². The molecule has 0 spiro atoms. The van der Waals surface area contributed by atoms with E-state index in [4.69, 9.17) is 10.6 Å². The number of carbonyl (C=O) groups excluding carboxylic acids is 3. The summed E-state index contributed by atoms with van der Waals surface area (Å²) in [6.45, 7) is 3.04. The number of hydrogen-bond donors (Lipinski definition) is 2. The molecule has 0 saturated carbocycles. The Kier molecular flexibility index (Phi) is 6.31. The summed E-state index contributed by atoms with van der Waals surface area (Å²) in [5, 5.41) is 9.61. The maximum Gasteiger partial charge on any atom is 0.314 e. The Bertz CT molecular complexity index is 1530. The standard InChI is InChI=1S/C24H23N3O8S/c1-13-20(25)19-18(26(13)12-15-6-4-3-5-7-15)9-8-16-21(29)22(30)17(24(31)32)10-11-36(33,34)27(14(2)28)35-23(16)19/h3-9,17H,10-12,25H2,1-2H3,(H,31,32). The van der Waals surface area contributed by atoms with Crippen LogP contribution in [0.5, 0.6) is 5.75 Å². The Morgan fingerprint density at radius 3 is 2.42 bits per heavy atom. The van der Waals surface area contributed by atoms with Crippen molar-refractivity contribution in [3.8, 4) is 5.75 Å². The first-order valence-electron chi connectivity index (χ1n) is 10.9. The summed E-state index contributed by atoms with van der Waals surface area (Å²) < 4.78 is 27.8. The largest absolute Gasteiger partial charge is 0.481 e. The number of sulfonamides is 1. The van der Waals surface area contributed by atoms with E-state index in [0.717, 1.165) is 12.5 Å². The van der Waals surface area contributed by atoms with Crippen molar-refractivity contribution in [3.63, 3.8) is 0 Å². The van der Waals surface area contributed by atoms with E-state index in [1.807, 2.05) is 34.9 Å². The molecule has 0 aliphatic carbocycles. The third-order valence-corrected chi connectivity index (χ3v) is 7.69. The molecule has 0 bridgehead atoms. The van der Waals surface area contributed by atoms with Crippen LogP contribution in [-0.2, 0) is 31.0 Å². The fourth-order valence-corrected chi connectivity index (χ4v) is 5.49. The Balaban J connectivity index is 2.01. The van der Waals surface area contributed by atoms with Crippen molar-refractivity contribution >= 4 is 50.1 Å². The Labute approximate surface area is 206 Å². The van der Waals surface area contributed by atoms with Gasteiger partial charge in [-0.25, -0.2) is 8.42 Å². The number of carbonyl (C=O) groups is 4. The van der Waals surface area contributed by atoms with Crippen LogP contribution in [0.3, 0.4) is 0 Å². The molecule has 1 atom stereocenters. The van der Waals surface area contributed by atoms with Gasteiger partial charge in [-0.15, -0.1) is 0 Å². The number of anilines is 1. The minimum absolute atomic E-state index is 0.108. The van der Waals surface area contributed by atoms with Gasteiger partial charge in [-0.2, -0.15) is 0 Å². The van der Waals surface area contributed by atoms with Crippen LogP contribution in [0, 0.1) is 12.8 Å². The molecule has 0 radical (unpaired) electrons. The number of Topliss-reactive ketones (excluding diaryl/α,β-unsaturated/α-hetero) is 2. The SMILES string of the molecule is CC(=O)N1Oc2c(ccc3c2c(N)c(C)n3Cc2ccccc2)C(=O)C(=O)C(C(=O)O)CCS1(=O)=O. The molecule has 11 nitrogen and oxygen atoms in total. The lowest BCUT2D eigenvalue weighted by Crippen LogP contribution is -2.42. The molecule has 1 aromatic heterocycles. The average molecular weight is 514 g/mol. The van der Waals surface area contributed by atoms with E-state index in [0.29, 0.717) is 17.8 Å². The second kappa shape index (κ2) is 9.11. The highest BCUT2D eigenvalue weighted by Crippen LogP contribution is 2.40. The Morgan fingerprint density at radius 2 is 1.81 bits per heavy atom. The number of carboxylic acids is 1. The van der Waals surface area contributed by atoms with Crippen LogP contribution in [0.15, 0.2) is 42.5 Å². The number of nitrogens with zero attached hydrogens (tertiary/aromatic N) is 2. The number of fused-ring (bicyclic) bond motifs is 3. The summed E-state index contributed by atoms with van der Waals surface area (Å²) in [7, 11) is -4.52. The minimum atomic E-state index is -4.52. The van der Waals surface area contributed by atoms with Crippen LogP contribution < -0.4 is 10.6 Å². The molecule has 2 heterocycles. The number of ketones is 2. The first kappa shape index (κ1) is 24.9. The molecular formula is C24H23N3O8S. The van der Waals surface area contributed by atoms with Gasteiger partial charge in [0, 0.05) is 19.2 Å². The molecule has 1 aliphatic rings. The molecule has 1 unspecified atom stereocenters. The predicted molar refractivity (Wildman–Crippen MR) is 129 cm³/mol. The van der Waals surface area contributed by atoms with E-state index in [1.165, 1.54) is 12.1 Å². The van der Waals surface area contributed by atoms with Gasteiger partial charge in [-0.3, -0.25) is 19.2 Å². The van der Waals surface area contributed by atoms with E-state index in [1.54, 1.807) is 6.92 Å². The van der Waals surface area contributed by atoms with Gasteiger partial charge >= 0.3 is 5.97 Å². The highest BCUT2D eigenvalue weighted by molar-refractivity contribution is 7.89. The van der Waals surface area contributed by atoms with Gasteiger partial charge < -0.3 is 20.2 Å². The highest BCUT2D eigenvalue weighted by atomic mass is 32.2. The van der Waals surface area contributed by atoms with Gasteiger partial charge in [-0.05, 0) is 31.0 Å². The molecule has 188 valence electrons. The number of amides is 1. The molecule has 12 heteroatoms. The first-order valence-corrected chi connectivity index (χ1v) is 12.5. The second-order valence-electron chi connectivity index (χ2n) is 8.43. The lowest BCUT2D eigenvalue weighted by molar-refractivity contribution is -0.145. The number of hydroxylamine groups is 1. The van der Waals surface area contributed by atoms with Crippen LogP contribution in [0.25, 0.3) is 10.9 Å². The molecule has 0 fully saturated rings. The van der Waals surface area contributed by atoms with Gasteiger partial charge in [0.05, 0.1) is 27.9 Å². The summed E-state index contributed by atoms with van der Waals surface area (Å²) in [6.07, 6.45) is -0.707. The topological polar surface area (TPSA) is 166 Å². The zero-order chi connectivity index (χ0) is 26.4. The normalized spacial score (nSPS) is 17.9. The Morgan fingerprint density at radius 1 is 1.14 bits per heavy atom. The molecule has 36 heavy (non-hydrogen) atoms. The number of nitrogens with two attached hydrogens (primary N) is 1. The third-order valence-electron chi connectivity index (χ3n) is 6.11. The zero-order valence-corrected chi connectivity index (χ0v) is 20.2. The van der Waals surface area contributed by atoms with Crippen molar-refractivity contribution in [1.29, 1.82) is 0 Å². The molecule has 4 rings (SSSR count). The van der Waals surface area contributed by atoms with Gasteiger partial charge in [0.15, 0.2) is 5.75 Å². The van der Waals surface area contributed by atoms with E-state index in [9.17, 15) is 32.7 Å². The lowest BCUT2D eigenvalue weighted by atomic mass is 9.93. The molecule has 0 saturated heterocycles. The summed E-state index contributed by atoms with van der Waals surface area (Å²) in [5.41, 5.74) is 8.09. The molecule has 1 aliphatic heterocycles. The summed E-state index contributed by atoms with van der Waals surface area (Å²) in [6, 6.07) is 12.2. The third kappa shape index (κ3) is 4.19. The van der Waals surface area contributed by atoms with Gasteiger partial charge in [0.1, 0.15) is 5.92 Å². The van der Waals surface area contributed by atoms with Gasteiger partial charge in [0.25, 0.3) is 15.9 Å². The maximum atomic E-state index is 13.2. The average Bonchev–Trinajstić information content (AvgIpc) is 3.06. The van der Waals surface area contributed by atoms with Crippen molar-refractivity contribution < 1.29 is 37.5 Å². The fourth-order valence-electron chi connectivity index (χ4n) is 4.22. The van der Waals surface area contributed by atoms with E-state index < -0.39 is 62.9 Å². The smallest absolute Gasteiger partial charge is 0.314 e. The van der Waals surface area contributed by atoms with Crippen LogP contribution in [0.1, 0.15) is 35.0 Å². The summed E-state index contributed by atoms with van der Waals surface area (Å²) in [5.74, 6) is -8.38. The highest BCUT2D eigenvalue weighted by Gasteiger charge is 2.40. The monoisotopic (exact) mass is 513 g/mol. The van der Waals surface area contributed by atoms with Crippen molar-refractivity contribution in [3.05, 3.63) is 59.3 Å². The van der Waals surface area contributed by atoms with E-state index in [-0.39, 0.29) is 15.5 Å². The van der Waals surface area contributed by atoms with Crippen LogP contribution in [0.2, 0.25) is 0 Å². The summed E-state index contributed by atoms with van der Waals surface area (Å²) >= 11 is 0. The van der Waals surface area contributed by atoms with Crippen LogP contribution in [-0.4, -0.2) is 51.8 Å². The lowest BCUT2D eigenvalue weighted by Gasteiger charge is -2.24. The quantitative estimate of drug-likeness (QED) is 0.393. The molecule has 3 aromatic rings. The van der Waals surface area contributed by atoms with Crippen molar-refractivity contribution in [2.75, 3.05) is 11.5 Å². The molecular weight excluding hydrogens is 490 g/mol. The summed E-state index contributed by atoms with van der Waals surface area (Å²) in [4.78, 5) is 55.5. The predicted octanol–water partition coefficient (Wildman–Crippen LogP) is 1.91. The number of hydrogen-bond acceptors (Lipinski definition) is 8. The van der Waals surface area contributed by atoms with Gasteiger partial charge in [0.2, 0.25) is 11.6 Å². The number of aliphatic carboxylic acids is 1. The second-order valence-corrected chi connectivity index (χ2v) is 10.3. The van der Waals surface area contributed by atoms with Crippen LogP contribution >= 0.6 is 0 Å². The molecule has 1 amide bonds. The number of nitrogen functional groups attached to an aromatic ring is 1. The zero-order valence-electron chi connectivity index (χ0n) is 19.4. The van der Waals surface area contributed by atoms with Crippen molar-refractivity contribution in [1.82, 2.24) is 9.04 Å². The number of rotatable bonds is 3. The van der Waals surface area contributed by atoms with E-state index >= 15 is 0 Å². The van der Waals surface area contributed by atoms with Crippen LogP contribution in [0.4, 0.5) is 5.69 Å². The number of carboxylic acid groups (broad SMARTS) is 1. The first-order chi connectivity index (χ1) is 16.9. The number of aromatic nitrogens is 1. The number of benzene rings is 2. The van der Waals surface area contributed by atoms with Gasteiger partial charge in [-0.1, -0.05) is 34.8 Å². The van der Waals surface area contributed by atoms with Crippen molar-refractivity contribution in [2.24, 2.45) is 5.92 Å². The molecule has 2 aromatic carbocycles. The molecule has 3 N–H and O–H groups in total. The minimum Gasteiger partial charge on any atom is -0.481 e.